The molecule has 0 saturated carbocycles. The van der Waals surface area contributed by atoms with Gasteiger partial charge in [0.15, 0.2) is 34.9 Å². The van der Waals surface area contributed by atoms with Gasteiger partial charge in [-0.25, -0.2) is 36.1 Å². The molecule has 2 heterocycles. The number of nitrogens with zero attached hydrogens (tertiary/aromatic N) is 3. The zero-order valence-corrected chi connectivity index (χ0v) is 16.8. The van der Waals surface area contributed by atoms with Gasteiger partial charge in [0.05, 0.1) is 23.0 Å². The van der Waals surface area contributed by atoms with Crippen LogP contribution in [0.15, 0.2) is 23.1 Å². The Kier molecular flexibility index (Phi) is 5.26. The van der Waals surface area contributed by atoms with Crippen LogP contribution in [0.25, 0.3) is 21.9 Å². The van der Waals surface area contributed by atoms with E-state index in [1.165, 1.54) is 18.5 Å². The lowest BCUT2D eigenvalue weighted by Gasteiger charge is -2.16. The Hall–Kier alpha value is -4.03. The molecule has 4 aromatic rings. The van der Waals surface area contributed by atoms with Crippen molar-refractivity contribution in [1.29, 1.82) is 0 Å². The van der Waals surface area contributed by atoms with Crippen LogP contribution in [-0.2, 0) is 11.8 Å². The van der Waals surface area contributed by atoms with Crippen LogP contribution < -0.4 is 10.9 Å². The van der Waals surface area contributed by atoms with Crippen molar-refractivity contribution >= 4 is 33.9 Å². The molecule has 0 atom stereocenters. The predicted molar refractivity (Wildman–Crippen MR) is 104 cm³/mol. The Balaban J connectivity index is 2.04. The minimum atomic E-state index is -2.25. The van der Waals surface area contributed by atoms with E-state index in [0.717, 1.165) is 12.1 Å². The van der Waals surface area contributed by atoms with Gasteiger partial charge in [0, 0.05) is 25.4 Å². The number of aryl methyl sites for hydroxylation is 1. The molecule has 172 valence electrons. The standard InChI is InChI=1S/C20H12F6N4O3/c1-3-33-19(32)7-6-30(17-12(18(7)31)13(23)14(24)15(25)16(17)26)28-20-27-10-4-8(21)9(22)5-11(10)29(20)2/h4-6H,3H2,1-2H3,(H,27,28). The second-order valence-corrected chi connectivity index (χ2v) is 6.80. The first-order valence-corrected chi connectivity index (χ1v) is 9.23. The number of anilines is 1. The maximum absolute atomic E-state index is 14.7. The molecule has 0 aliphatic carbocycles. The first-order chi connectivity index (χ1) is 15.6. The molecule has 0 radical (unpaired) electrons. The predicted octanol–water partition coefficient (Wildman–Crippen LogP) is 3.77. The summed E-state index contributed by atoms with van der Waals surface area (Å²) in [5.41, 5.74) is -0.895. The fourth-order valence-electron chi connectivity index (χ4n) is 3.28. The summed E-state index contributed by atoms with van der Waals surface area (Å²) in [7, 11) is 1.35. The number of rotatable bonds is 4. The maximum atomic E-state index is 14.7. The molecule has 0 saturated heterocycles. The smallest absolute Gasteiger partial charge is 0.343 e. The van der Waals surface area contributed by atoms with Crippen molar-refractivity contribution in [2.75, 3.05) is 12.0 Å². The van der Waals surface area contributed by atoms with Crippen LogP contribution in [-0.4, -0.2) is 26.8 Å². The van der Waals surface area contributed by atoms with Crippen LogP contribution in [0.1, 0.15) is 17.3 Å². The number of carbonyl (C=O) groups is 1. The van der Waals surface area contributed by atoms with Crippen molar-refractivity contribution in [1.82, 2.24) is 14.2 Å². The highest BCUT2D eigenvalue weighted by Gasteiger charge is 2.28. The van der Waals surface area contributed by atoms with Crippen LogP contribution >= 0.6 is 0 Å². The molecule has 0 aliphatic rings. The maximum Gasteiger partial charge on any atom is 0.343 e. The average molecular weight is 470 g/mol. The number of nitrogens with one attached hydrogen (secondary N) is 1. The minimum absolute atomic E-state index is 0.0428. The number of aromatic nitrogens is 3. The van der Waals surface area contributed by atoms with Crippen molar-refractivity contribution in [3.8, 4) is 0 Å². The van der Waals surface area contributed by atoms with E-state index in [9.17, 15) is 35.9 Å². The van der Waals surface area contributed by atoms with Gasteiger partial charge in [0.2, 0.25) is 11.4 Å². The number of hydrogen-bond donors (Lipinski definition) is 1. The molecule has 7 nitrogen and oxygen atoms in total. The zero-order chi connectivity index (χ0) is 24.2. The van der Waals surface area contributed by atoms with Crippen LogP contribution in [0.5, 0.6) is 0 Å². The summed E-state index contributed by atoms with van der Waals surface area (Å²) in [6.45, 7) is 1.24. The molecule has 2 aromatic heterocycles. The topological polar surface area (TPSA) is 78.2 Å². The highest BCUT2D eigenvalue weighted by Crippen LogP contribution is 2.27. The molecule has 1 N–H and O–H groups in total. The van der Waals surface area contributed by atoms with Crippen LogP contribution in [0.3, 0.4) is 0 Å². The highest BCUT2D eigenvalue weighted by molar-refractivity contribution is 5.94. The summed E-state index contributed by atoms with van der Waals surface area (Å²) in [6.07, 6.45) is 0.684. The van der Waals surface area contributed by atoms with Gasteiger partial charge in [0.25, 0.3) is 0 Å². The second kappa shape index (κ2) is 7.83. The van der Waals surface area contributed by atoms with E-state index in [4.69, 9.17) is 4.74 Å². The number of halogens is 6. The lowest BCUT2D eigenvalue weighted by molar-refractivity contribution is 0.0524. The molecule has 4 rings (SSSR count). The number of ether oxygens (including phenoxy) is 1. The number of fused-ring (bicyclic) bond motifs is 2. The van der Waals surface area contributed by atoms with Crippen molar-refractivity contribution in [3.63, 3.8) is 0 Å². The third-order valence-corrected chi connectivity index (χ3v) is 4.85. The van der Waals surface area contributed by atoms with E-state index in [0.29, 0.717) is 10.9 Å². The summed E-state index contributed by atoms with van der Waals surface area (Å²) in [6, 6.07) is 1.60. The summed E-state index contributed by atoms with van der Waals surface area (Å²) in [5.74, 6) is -12.3. The van der Waals surface area contributed by atoms with E-state index >= 15 is 0 Å². The van der Waals surface area contributed by atoms with Crippen molar-refractivity contribution < 1.29 is 35.9 Å². The number of esters is 1. The van der Waals surface area contributed by atoms with Gasteiger partial charge in [-0.15, -0.1) is 0 Å². The normalized spacial score (nSPS) is 11.4. The third-order valence-electron chi connectivity index (χ3n) is 4.85. The van der Waals surface area contributed by atoms with Gasteiger partial charge < -0.3 is 9.30 Å². The van der Waals surface area contributed by atoms with Gasteiger partial charge in [0.1, 0.15) is 11.1 Å². The monoisotopic (exact) mass is 470 g/mol. The Morgan fingerprint density at radius 2 is 1.67 bits per heavy atom. The molecule has 2 aromatic carbocycles. The number of carbonyl (C=O) groups excluding carboxylic acids is 1. The summed E-state index contributed by atoms with van der Waals surface area (Å²) < 4.78 is 90.6. The highest BCUT2D eigenvalue weighted by atomic mass is 19.2. The van der Waals surface area contributed by atoms with Gasteiger partial charge in [-0.1, -0.05) is 0 Å². The quantitative estimate of drug-likeness (QED) is 0.213. The van der Waals surface area contributed by atoms with E-state index in [2.05, 4.69) is 10.4 Å². The Labute approximate surface area is 179 Å². The Morgan fingerprint density at radius 1 is 1.03 bits per heavy atom. The fraction of sp³-hybridized carbons (Fsp3) is 0.150. The first-order valence-electron chi connectivity index (χ1n) is 9.23. The number of pyridine rings is 1. The van der Waals surface area contributed by atoms with E-state index in [1.807, 2.05) is 0 Å². The number of hydrogen-bond acceptors (Lipinski definition) is 5. The van der Waals surface area contributed by atoms with Gasteiger partial charge in [-0.3, -0.25) is 14.9 Å². The zero-order valence-electron chi connectivity index (χ0n) is 16.8. The number of imidazole rings is 1. The lowest BCUT2D eigenvalue weighted by Crippen LogP contribution is -2.26. The molecule has 0 bridgehead atoms. The third kappa shape index (κ3) is 3.36. The molecular weight excluding hydrogens is 458 g/mol. The molecule has 13 heteroatoms. The van der Waals surface area contributed by atoms with Gasteiger partial charge in [-0.05, 0) is 6.92 Å². The van der Waals surface area contributed by atoms with E-state index in [-0.39, 0.29) is 23.6 Å². The molecule has 0 spiro atoms. The first kappa shape index (κ1) is 22.2. The van der Waals surface area contributed by atoms with E-state index in [1.54, 1.807) is 0 Å². The number of benzene rings is 2. The van der Waals surface area contributed by atoms with Crippen LogP contribution in [0.4, 0.5) is 32.3 Å². The van der Waals surface area contributed by atoms with Crippen molar-refractivity contribution in [2.45, 2.75) is 6.92 Å². The molecule has 0 fully saturated rings. The SMILES string of the molecule is CCOC(=O)c1cn(Nc2nc3cc(F)c(F)cc3n2C)c2c(F)c(F)c(F)c(F)c2c1=O. The van der Waals surface area contributed by atoms with E-state index < -0.39 is 62.8 Å². The van der Waals surface area contributed by atoms with Crippen molar-refractivity contribution in [2.24, 2.45) is 7.05 Å². The Morgan fingerprint density at radius 3 is 2.33 bits per heavy atom. The van der Waals surface area contributed by atoms with Crippen LogP contribution in [0.2, 0.25) is 0 Å². The molecule has 0 amide bonds. The van der Waals surface area contributed by atoms with Gasteiger partial charge >= 0.3 is 5.97 Å². The Bertz CT molecular complexity index is 1530. The van der Waals surface area contributed by atoms with Crippen LogP contribution in [0, 0.1) is 34.9 Å². The largest absolute Gasteiger partial charge is 0.462 e. The molecule has 0 aliphatic heterocycles. The second-order valence-electron chi connectivity index (χ2n) is 6.80. The minimum Gasteiger partial charge on any atom is -0.462 e. The average Bonchev–Trinajstić information content (AvgIpc) is 3.06. The summed E-state index contributed by atoms with van der Waals surface area (Å²) in [4.78, 5) is 28.8. The summed E-state index contributed by atoms with van der Waals surface area (Å²) in [5, 5.41) is -1.26. The van der Waals surface area contributed by atoms with Crippen molar-refractivity contribution in [3.05, 3.63) is 69.0 Å². The molecule has 33 heavy (non-hydrogen) atoms. The summed E-state index contributed by atoms with van der Waals surface area (Å²) >= 11 is 0. The fourth-order valence-corrected chi connectivity index (χ4v) is 3.28. The lowest BCUT2D eigenvalue weighted by atomic mass is 10.1. The molecule has 0 unspecified atom stereocenters. The van der Waals surface area contributed by atoms with Gasteiger partial charge in [-0.2, -0.15) is 0 Å². The molecular formula is C20H12F6N4O3.